The molecule has 2 rings (SSSR count). The lowest BCUT2D eigenvalue weighted by Gasteiger charge is -2.19. The Hall–Kier alpha value is -1.51. The zero-order chi connectivity index (χ0) is 13.0. The fraction of sp³-hybridized carbons (Fsp3) is 0.533. The average molecular weight is 245 g/mol. The minimum Gasteiger partial charge on any atom is -0.370 e. The first-order valence-electron chi connectivity index (χ1n) is 6.86. The van der Waals surface area contributed by atoms with Gasteiger partial charge in [-0.1, -0.05) is 31.9 Å². The second kappa shape index (κ2) is 5.89. The molecule has 3 heteroatoms. The van der Waals surface area contributed by atoms with Crippen LogP contribution < -0.4 is 10.6 Å². The van der Waals surface area contributed by atoms with Crippen LogP contribution in [0.2, 0.25) is 0 Å². The number of nitrogens with zero attached hydrogens (tertiary/aromatic N) is 2. The van der Waals surface area contributed by atoms with Crippen LogP contribution in [0.5, 0.6) is 0 Å². The highest BCUT2D eigenvalue weighted by molar-refractivity contribution is 5.94. The summed E-state index contributed by atoms with van der Waals surface area (Å²) in [5.41, 5.74) is 8.52. The number of guanidine groups is 1. The molecule has 1 saturated carbocycles. The van der Waals surface area contributed by atoms with E-state index in [-0.39, 0.29) is 0 Å². The van der Waals surface area contributed by atoms with E-state index in [0.717, 1.165) is 12.1 Å². The van der Waals surface area contributed by atoms with Crippen LogP contribution in [-0.4, -0.2) is 19.0 Å². The summed E-state index contributed by atoms with van der Waals surface area (Å²) in [6.07, 6.45) is 6.01. The molecular weight excluding hydrogens is 222 g/mol. The van der Waals surface area contributed by atoms with Crippen LogP contribution in [0.15, 0.2) is 29.3 Å². The summed E-state index contributed by atoms with van der Waals surface area (Å²) in [6.45, 7) is 2.16. The van der Waals surface area contributed by atoms with Crippen molar-refractivity contribution in [2.24, 2.45) is 10.7 Å². The number of anilines is 1. The smallest absolute Gasteiger partial charge is 0.195 e. The molecule has 0 bridgehead atoms. The molecule has 0 atom stereocenters. The van der Waals surface area contributed by atoms with E-state index in [9.17, 15) is 0 Å². The third kappa shape index (κ3) is 3.03. The normalized spacial score (nSPS) is 17.1. The second-order valence-corrected chi connectivity index (χ2v) is 5.00. The number of aliphatic imine (C=N–C) groups is 1. The molecule has 0 spiro atoms. The van der Waals surface area contributed by atoms with Crippen LogP contribution in [0.1, 0.15) is 38.2 Å². The summed E-state index contributed by atoms with van der Waals surface area (Å²) in [6, 6.07) is 8.94. The van der Waals surface area contributed by atoms with Gasteiger partial charge in [0.05, 0.1) is 6.04 Å². The molecule has 1 aromatic carbocycles. The quantitative estimate of drug-likeness (QED) is 0.657. The zero-order valence-corrected chi connectivity index (χ0v) is 11.4. The Balaban J connectivity index is 2.06. The van der Waals surface area contributed by atoms with Gasteiger partial charge in [-0.25, -0.2) is 4.99 Å². The van der Waals surface area contributed by atoms with Crippen LogP contribution in [0.25, 0.3) is 0 Å². The SMILES string of the molecule is CCc1ccc(N(C)C(N)=NC2CCCC2)cc1. The Morgan fingerprint density at radius 3 is 2.44 bits per heavy atom. The lowest BCUT2D eigenvalue weighted by Crippen LogP contribution is -2.35. The standard InChI is InChI=1S/C15H23N3/c1-3-12-8-10-14(11-9-12)18(2)15(16)17-13-6-4-5-7-13/h8-11,13H,3-7H2,1-2H3,(H2,16,17). The third-order valence-corrected chi connectivity index (χ3v) is 3.72. The summed E-state index contributed by atoms with van der Waals surface area (Å²) in [5, 5.41) is 0. The van der Waals surface area contributed by atoms with Crippen molar-refractivity contribution in [3.8, 4) is 0 Å². The van der Waals surface area contributed by atoms with E-state index in [1.807, 2.05) is 11.9 Å². The van der Waals surface area contributed by atoms with Crippen LogP contribution in [0.4, 0.5) is 5.69 Å². The van der Waals surface area contributed by atoms with Gasteiger partial charge in [0.1, 0.15) is 0 Å². The molecule has 0 aliphatic heterocycles. The van der Waals surface area contributed by atoms with Gasteiger partial charge in [-0.15, -0.1) is 0 Å². The summed E-state index contributed by atoms with van der Waals surface area (Å²) in [5.74, 6) is 0.631. The number of nitrogens with two attached hydrogens (primary N) is 1. The highest BCUT2D eigenvalue weighted by Gasteiger charge is 2.15. The van der Waals surface area contributed by atoms with Gasteiger partial charge in [0.2, 0.25) is 0 Å². The van der Waals surface area contributed by atoms with Crippen molar-refractivity contribution >= 4 is 11.6 Å². The van der Waals surface area contributed by atoms with E-state index in [1.165, 1.54) is 31.2 Å². The minimum absolute atomic E-state index is 0.433. The van der Waals surface area contributed by atoms with Crippen LogP contribution in [-0.2, 0) is 6.42 Å². The number of hydrogen-bond donors (Lipinski definition) is 1. The Labute approximate surface area is 110 Å². The monoisotopic (exact) mass is 245 g/mol. The van der Waals surface area contributed by atoms with E-state index >= 15 is 0 Å². The maximum Gasteiger partial charge on any atom is 0.195 e. The molecule has 0 radical (unpaired) electrons. The van der Waals surface area contributed by atoms with Gasteiger partial charge in [-0.3, -0.25) is 0 Å². The predicted octanol–water partition coefficient (Wildman–Crippen LogP) is 2.94. The predicted molar refractivity (Wildman–Crippen MR) is 78.1 cm³/mol. The first-order chi connectivity index (χ1) is 8.70. The summed E-state index contributed by atoms with van der Waals surface area (Å²) in [4.78, 5) is 6.59. The fourth-order valence-corrected chi connectivity index (χ4v) is 2.39. The summed E-state index contributed by atoms with van der Waals surface area (Å²) < 4.78 is 0. The van der Waals surface area contributed by atoms with Crippen molar-refractivity contribution in [3.05, 3.63) is 29.8 Å². The molecule has 1 aromatic rings. The van der Waals surface area contributed by atoms with Crippen molar-refractivity contribution < 1.29 is 0 Å². The number of aryl methyl sites for hydroxylation is 1. The first-order valence-corrected chi connectivity index (χ1v) is 6.86. The maximum absolute atomic E-state index is 6.08. The lowest BCUT2D eigenvalue weighted by atomic mass is 10.1. The molecule has 0 heterocycles. The molecule has 1 aliphatic rings. The van der Waals surface area contributed by atoms with E-state index < -0.39 is 0 Å². The zero-order valence-electron chi connectivity index (χ0n) is 11.4. The number of benzene rings is 1. The van der Waals surface area contributed by atoms with Gasteiger partial charge in [-0.05, 0) is 37.0 Å². The van der Waals surface area contributed by atoms with Crippen molar-refractivity contribution in [1.29, 1.82) is 0 Å². The molecule has 0 saturated heterocycles. The summed E-state index contributed by atoms with van der Waals surface area (Å²) >= 11 is 0. The molecule has 98 valence electrons. The molecule has 0 unspecified atom stereocenters. The molecule has 1 fully saturated rings. The third-order valence-electron chi connectivity index (χ3n) is 3.72. The number of hydrogen-bond acceptors (Lipinski definition) is 1. The van der Waals surface area contributed by atoms with E-state index in [0.29, 0.717) is 12.0 Å². The Bertz CT molecular complexity index is 402. The van der Waals surface area contributed by atoms with Crippen LogP contribution in [0, 0.1) is 0 Å². The van der Waals surface area contributed by atoms with Gasteiger partial charge in [-0.2, -0.15) is 0 Å². The van der Waals surface area contributed by atoms with E-state index in [2.05, 4.69) is 36.2 Å². The Morgan fingerprint density at radius 2 is 1.89 bits per heavy atom. The molecule has 2 N–H and O–H groups in total. The first kappa shape index (κ1) is 12.9. The van der Waals surface area contributed by atoms with Crippen LogP contribution >= 0.6 is 0 Å². The van der Waals surface area contributed by atoms with Gasteiger partial charge in [0, 0.05) is 12.7 Å². The fourth-order valence-electron chi connectivity index (χ4n) is 2.39. The summed E-state index contributed by atoms with van der Waals surface area (Å²) in [7, 11) is 1.98. The lowest BCUT2D eigenvalue weighted by molar-refractivity contribution is 0.703. The largest absolute Gasteiger partial charge is 0.370 e. The van der Waals surface area contributed by atoms with Crippen molar-refractivity contribution in [2.45, 2.75) is 45.1 Å². The number of rotatable bonds is 3. The van der Waals surface area contributed by atoms with Crippen molar-refractivity contribution in [2.75, 3.05) is 11.9 Å². The second-order valence-electron chi connectivity index (χ2n) is 5.00. The molecular formula is C15H23N3. The van der Waals surface area contributed by atoms with Gasteiger partial charge in [0.15, 0.2) is 5.96 Å². The topological polar surface area (TPSA) is 41.6 Å². The van der Waals surface area contributed by atoms with Gasteiger partial charge >= 0.3 is 0 Å². The molecule has 0 amide bonds. The molecule has 18 heavy (non-hydrogen) atoms. The minimum atomic E-state index is 0.433. The average Bonchev–Trinajstić information content (AvgIpc) is 2.91. The van der Waals surface area contributed by atoms with Crippen molar-refractivity contribution in [1.82, 2.24) is 0 Å². The molecule has 0 aromatic heterocycles. The highest BCUT2D eigenvalue weighted by Crippen LogP contribution is 2.21. The van der Waals surface area contributed by atoms with Crippen molar-refractivity contribution in [3.63, 3.8) is 0 Å². The highest BCUT2D eigenvalue weighted by atomic mass is 15.2. The van der Waals surface area contributed by atoms with Gasteiger partial charge in [0.25, 0.3) is 0 Å². The maximum atomic E-state index is 6.08. The van der Waals surface area contributed by atoms with Gasteiger partial charge < -0.3 is 10.6 Å². The van der Waals surface area contributed by atoms with E-state index in [1.54, 1.807) is 0 Å². The Kier molecular flexibility index (Phi) is 4.24. The molecule has 3 nitrogen and oxygen atoms in total. The Morgan fingerprint density at radius 1 is 1.28 bits per heavy atom. The van der Waals surface area contributed by atoms with Crippen LogP contribution in [0.3, 0.4) is 0 Å². The molecule has 1 aliphatic carbocycles. The van der Waals surface area contributed by atoms with E-state index in [4.69, 9.17) is 5.73 Å².